The third-order valence-corrected chi connectivity index (χ3v) is 4.27. The molecule has 25 heavy (non-hydrogen) atoms. The van der Waals surface area contributed by atoms with Gasteiger partial charge in [-0.2, -0.15) is 10.4 Å². The van der Waals surface area contributed by atoms with E-state index in [1.54, 1.807) is 17.1 Å². The van der Waals surface area contributed by atoms with Gasteiger partial charge in [0.2, 0.25) is 11.8 Å². The largest absolute Gasteiger partial charge is 0.422 e. The number of hydrogen-bond donors (Lipinski definition) is 1. The maximum atomic E-state index is 9.62. The Morgan fingerprint density at radius 3 is 2.56 bits per heavy atom. The van der Waals surface area contributed by atoms with Gasteiger partial charge in [0.05, 0.1) is 22.9 Å². The molecule has 0 spiro atoms. The smallest absolute Gasteiger partial charge is 0.229 e. The van der Waals surface area contributed by atoms with Crippen LogP contribution in [0.15, 0.2) is 66.3 Å². The van der Waals surface area contributed by atoms with Crippen LogP contribution in [0.4, 0.5) is 0 Å². The van der Waals surface area contributed by atoms with Gasteiger partial charge >= 0.3 is 0 Å². The van der Waals surface area contributed by atoms with E-state index < -0.39 is 0 Å². The van der Waals surface area contributed by atoms with Crippen molar-refractivity contribution in [3.8, 4) is 17.6 Å². The van der Waals surface area contributed by atoms with Crippen LogP contribution in [0.25, 0.3) is 5.69 Å². The molecule has 0 radical (unpaired) electrons. The van der Waals surface area contributed by atoms with Crippen molar-refractivity contribution in [2.24, 2.45) is 5.73 Å². The topological polar surface area (TPSA) is 89.8 Å². The van der Waals surface area contributed by atoms with Crippen LogP contribution in [0.3, 0.4) is 0 Å². The first-order valence-corrected chi connectivity index (χ1v) is 7.83. The fourth-order valence-corrected chi connectivity index (χ4v) is 3.15. The van der Waals surface area contributed by atoms with Gasteiger partial charge in [-0.15, -0.1) is 0 Å². The molecule has 0 fully saturated rings. The Hall–Kier alpha value is -3.59. The van der Waals surface area contributed by atoms with Crippen LogP contribution in [0.5, 0.6) is 5.88 Å². The molecule has 0 saturated carbocycles. The van der Waals surface area contributed by atoms with Crippen molar-refractivity contribution in [2.75, 3.05) is 0 Å². The zero-order chi connectivity index (χ0) is 17.4. The number of nitriles is 1. The molecular weight excluding hydrogens is 314 g/mol. The molecule has 1 aliphatic rings. The van der Waals surface area contributed by atoms with Gasteiger partial charge in [0.25, 0.3) is 0 Å². The van der Waals surface area contributed by atoms with Gasteiger partial charge in [-0.1, -0.05) is 18.2 Å². The standard InChI is InChI=1S/C19H15N5O/c1-12-16-17(13-7-9-22-10-8-13)15(11-20)18(21)25-19(16)24(23-12)14-5-3-2-4-6-14/h2-10,17H,21H2,1H3/t17-/m1/s1. The summed E-state index contributed by atoms with van der Waals surface area (Å²) in [5.41, 5.74) is 9.89. The molecule has 0 amide bonds. The number of ether oxygens (including phenoxy) is 1. The molecule has 1 atom stereocenters. The van der Waals surface area contributed by atoms with Gasteiger partial charge in [0.15, 0.2) is 0 Å². The van der Waals surface area contributed by atoms with E-state index in [0.29, 0.717) is 11.5 Å². The second-order valence-corrected chi connectivity index (χ2v) is 5.76. The molecule has 2 aromatic heterocycles. The Morgan fingerprint density at radius 2 is 1.88 bits per heavy atom. The fraction of sp³-hybridized carbons (Fsp3) is 0.105. The second-order valence-electron chi connectivity index (χ2n) is 5.76. The lowest BCUT2D eigenvalue weighted by atomic mass is 9.84. The summed E-state index contributed by atoms with van der Waals surface area (Å²) < 4.78 is 7.54. The molecule has 3 aromatic rings. The Kier molecular flexibility index (Phi) is 3.47. The quantitative estimate of drug-likeness (QED) is 0.781. The molecule has 1 aliphatic heterocycles. The molecule has 2 N–H and O–H groups in total. The number of nitrogens with zero attached hydrogens (tertiary/aromatic N) is 4. The summed E-state index contributed by atoms with van der Waals surface area (Å²) in [6, 6.07) is 15.6. The van der Waals surface area contributed by atoms with Crippen molar-refractivity contribution in [3.63, 3.8) is 0 Å². The van der Waals surface area contributed by atoms with Gasteiger partial charge in [0.1, 0.15) is 11.6 Å². The van der Waals surface area contributed by atoms with Crippen LogP contribution >= 0.6 is 0 Å². The van der Waals surface area contributed by atoms with E-state index in [1.807, 2.05) is 49.4 Å². The van der Waals surface area contributed by atoms with Crippen molar-refractivity contribution >= 4 is 0 Å². The van der Waals surface area contributed by atoms with Gasteiger partial charge < -0.3 is 10.5 Å². The van der Waals surface area contributed by atoms with E-state index in [0.717, 1.165) is 22.5 Å². The Bertz CT molecular complexity index is 1000. The van der Waals surface area contributed by atoms with Crippen LogP contribution in [-0.4, -0.2) is 14.8 Å². The van der Waals surface area contributed by atoms with Crippen LogP contribution in [-0.2, 0) is 0 Å². The lowest BCUT2D eigenvalue weighted by Gasteiger charge is -2.24. The minimum Gasteiger partial charge on any atom is -0.422 e. The lowest BCUT2D eigenvalue weighted by Crippen LogP contribution is -2.22. The highest BCUT2D eigenvalue weighted by Crippen LogP contribution is 2.44. The van der Waals surface area contributed by atoms with Gasteiger partial charge in [-0.25, -0.2) is 4.68 Å². The number of rotatable bonds is 2. The molecule has 4 rings (SSSR count). The highest BCUT2D eigenvalue weighted by atomic mass is 16.5. The molecule has 3 heterocycles. The molecule has 0 unspecified atom stereocenters. The first-order chi connectivity index (χ1) is 12.2. The summed E-state index contributed by atoms with van der Waals surface area (Å²) in [6.45, 7) is 1.91. The van der Waals surface area contributed by atoms with Gasteiger partial charge in [-0.05, 0) is 36.8 Å². The average molecular weight is 329 g/mol. The molecule has 6 nitrogen and oxygen atoms in total. The monoisotopic (exact) mass is 329 g/mol. The number of nitrogens with two attached hydrogens (primary N) is 1. The van der Waals surface area contributed by atoms with Gasteiger partial charge in [-0.3, -0.25) is 4.98 Å². The molecule has 122 valence electrons. The van der Waals surface area contributed by atoms with E-state index in [2.05, 4.69) is 16.2 Å². The van der Waals surface area contributed by atoms with Crippen molar-refractivity contribution < 1.29 is 4.74 Å². The number of para-hydroxylation sites is 1. The van der Waals surface area contributed by atoms with E-state index in [4.69, 9.17) is 10.5 Å². The number of pyridine rings is 1. The third kappa shape index (κ3) is 2.34. The average Bonchev–Trinajstić information content (AvgIpc) is 2.98. The van der Waals surface area contributed by atoms with Crippen LogP contribution in [0.2, 0.25) is 0 Å². The number of benzene rings is 1. The van der Waals surface area contributed by atoms with E-state index in [1.165, 1.54) is 0 Å². The maximum absolute atomic E-state index is 9.62. The summed E-state index contributed by atoms with van der Waals surface area (Å²) >= 11 is 0. The minimum absolute atomic E-state index is 0.105. The maximum Gasteiger partial charge on any atom is 0.229 e. The predicted octanol–water partition coefficient (Wildman–Crippen LogP) is 2.79. The first kappa shape index (κ1) is 15.0. The number of hydrogen-bond acceptors (Lipinski definition) is 5. The summed E-state index contributed by atoms with van der Waals surface area (Å²) in [7, 11) is 0. The molecule has 0 bridgehead atoms. The number of aromatic nitrogens is 3. The predicted molar refractivity (Wildman–Crippen MR) is 91.8 cm³/mol. The first-order valence-electron chi connectivity index (χ1n) is 7.83. The number of fused-ring (bicyclic) bond motifs is 1. The summed E-state index contributed by atoms with van der Waals surface area (Å²) in [4.78, 5) is 4.06. The van der Waals surface area contributed by atoms with E-state index >= 15 is 0 Å². The van der Waals surface area contributed by atoms with Crippen LogP contribution in [0, 0.1) is 18.3 Å². The minimum atomic E-state index is -0.325. The Labute approximate surface area is 144 Å². The third-order valence-electron chi connectivity index (χ3n) is 4.27. The molecular formula is C19H15N5O. The summed E-state index contributed by atoms with van der Waals surface area (Å²) in [5.74, 6) is 0.324. The zero-order valence-electron chi connectivity index (χ0n) is 13.5. The molecule has 0 saturated heterocycles. The molecule has 1 aromatic carbocycles. The normalized spacial score (nSPS) is 16.1. The summed E-state index contributed by atoms with van der Waals surface area (Å²) in [6.07, 6.45) is 3.40. The zero-order valence-corrected chi connectivity index (χ0v) is 13.5. The van der Waals surface area contributed by atoms with Gasteiger partial charge in [0, 0.05) is 12.4 Å². The van der Waals surface area contributed by atoms with Crippen LogP contribution < -0.4 is 10.5 Å². The highest BCUT2D eigenvalue weighted by molar-refractivity contribution is 5.56. The summed E-state index contributed by atoms with van der Waals surface area (Å²) in [5, 5.41) is 14.2. The Morgan fingerprint density at radius 1 is 1.16 bits per heavy atom. The van der Waals surface area contributed by atoms with Crippen molar-refractivity contribution in [1.82, 2.24) is 14.8 Å². The van der Waals surface area contributed by atoms with Crippen molar-refractivity contribution in [1.29, 1.82) is 5.26 Å². The molecule has 6 heteroatoms. The Balaban J connectivity index is 1.97. The fourth-order valence-electron chi connectivity index (χ4n) is 3.15. The van der Waals surface area contributed by atoms with E-state index in [9.17, 15) is 5.26 Å². The second kappa shape index (κ2) is 5.80. The SMILES string of the molecule is Cc1nn(-c2ccccc2)c2c1[C@H](c1ccncc1)C(C#N)=C(N)O2. The lowest BCUT2D eigenvalue weighted by molar-refractivity contribution is 0.367. The van der Waals surface area contributed by atoms with E-state index in [-0.39, 0.29) is 11.8 Å². The van der Waals surface area contributed by atoms with Crippen LogP contribution in [0.1, 0.15) is 22.7 Å². The van der Waals surface area contributed by atoms with Crippen molar-refractivity contribution in [3.05, 3.63) is 83.1 Å². The van der Waals surface area contributed by atoms with Crippen molar-refractivity contribution in [2.45, 2.75) is 12.8 Å². The molecule has 0 aliphatic carbocycles. The number of allylic oxidation sites excluding steroid dienone is 1. The highest BCUT2D eigenvalue weighted by Gasteiger charge is 2.35. The number of aryl methyl sites for hydroxylation is 1.